The van der Waals surface area contributed by atoms with Gasteiger partial charge in [0, 0.05) is 27.2 Å². The number of carbonyl (C=O) groups excluding carboxylic acids is 1. The topological polar surface area (TPSA) is 83.2 Å². The average Bonchev–Trinajstić information content (AvgIpc) is 3.07. The molecule has 1 aromatic carbocycles. The molecule has 1 fully saturated rings. The van der Waals surface area contributed by atoms with Crippen molar-refractivity contribution >= 4 is 17.6 Å². The lowest BCUT2D eigenvalue weighted by Gasteiger charge is -2.25. The van der Waals surface area contributed by atoms with Crippen LogP contribution in [0.4, 0.5) is 18.9 Å². The van der Waals surface area contributed by atoms with Gasteiger partial charge in [0.1, 0.15) is 0 Å². The molecule has 1 atom stereocenters. The Morgan fingerprint density at radius 1 is 1.39 bits per heavy atom. The van der Waals surface area contributed by atoms with E-state index in [0.29, 0.717) is 19.5 Å². The molecule has 7 nitrogen and oxygen atoms in total. The number of anilines is 1. The zero-order valence-corrected chi connectivity index (χ0v) is 16.0. The maximum absolute atomic E-state index is 12.5. The quantitative estimate of drug-likeness (QED) is 0.416. The number of carbonyl (C=O) groups is 1. The first kappa shape index (κ1) is 21.8. The number of hydrogen-bond acceptors (Lipinski definition) is 4. The minimum absolute atomic E-state index is 0.000523. The number of ether oxygens (including phenoxy) is 1. The molecule has 28 heavy (non-hydrogen) atoms. The molecule has 0 saturated carbocycles. The molecule has 2 rings (SSSR count). The molecular formula is C18H26F3N5O2. The minimum Gasteiger partial charge on any atom is -0.404 e. The molecule has 1 saturated heterocycles. The Balaban J connectivity index is 1.85. The number of aliphatic imine (C=N–C) groups is 1. The number of benzene rings is 1. The number of guanidine groups is 1. The number of halogens is 3. The first-order valence-electron chi connectivity index (χ1n) is 9.04. The number of nitrogens with one attached hydrogen (secondary N) is 1. The zero-order valence-electron chi connectivity index (χ0n) is 16.0. The van der Waals surface area contributed by atoms with Crippen LogP contribution in [0.15, 0.2) is 29.3 Å². The average molecular weight is 401 g/mol. The number of likely N-dealkylation sites (N-methyl/N-ethyl adjacent to an activating group) is 1. The van der Waals surface area contributed by atoms with E-state index in [-0.39, 0.29) is 29.3 Å². The molecule has 1 aromatic rings. The Morgan fingerprint density at radius 3 is 2.79 bits per heavy atom. The van der Waals surface area contributed by atoms with Gasteiger partial charge < -0.3 is 20.7 Å². The Bertz CT molecular complexity index is 694. The van der Waals surface area contributed by atoms with Gasteiger partial charge >= 0.3 is 6.36 Å². The number of likely N-dealkylation sites (tertiary alicyclic amines) is 1. The highest BCUT2D eigenvalue weighted by atomic mass is 19.4. The fraction of sp³-hybridized carbons (Fsp3) is 0.556. The molecule has 0 bridgehead atoms. The van der Waals surface area contributed by atoms with Crippen LogP contribution in [0.3, 0.4) is 0 Å². The van der Waals surface area contributed by atoms with E-state index in [0.717, 1.165) is 19.4 Å². The lowest BCUT2D eigenvalue weighted by atomic mass is 10.2. The summed E-state index contributed by atoms with van der Waals surface area (Å²) < 4.78 is 41.3. The Labute approximate surface area is 162 Å². The third-order valence-corrected chi connectivity index (χ3v) is 4.35. The molecule has 0 aliphatic carbocycles. The highest BCUT2D eigenvalue weighted by Gasteiger charge is 2.32. The summed E-state index contributed by atoms with van der Waals surface area (Å²) in [5, 5.41) is 2.63. The van der Waals surface area contributed by atoms with Crippen molar-refractivity contribution in [2.75, 3.05) is 39.0 Å². The summed E-state index contributed by atoms with van der Waals surface area (Å²) in [6.45, 7) is 1.96. The van der Waals surface area contributed by atoms with Crippen LogP contribution < -0.4 is 15.8 Å². The molecule has 1 aliphatic heterocycles. The number of rotatable bonds is 7. The molecule has 0 spiro atoms. The minimum atomic E-state index is -4.79. The zero-order chi connectivity index (χ0) is 20.7. The van der Waals surface area contributed by atoms with E-state index in [1.807, 2.05) is 0 Å². The van der Waals surface area contributed by atoms with E-state index in [2.05, 4.69) is 19.9 Å². The van der Waals surface area contributed by atoms with Crippen molar-refractivity contribution in [1.82, 2.24) is 9.80 Å². The molecule has 156 valence electrons. The molecule has 1 aliphatic rings. The van der Waals surface area contributed by atoms with Gasteiger partial charge in [0.2, 0.25) is 5.91 Å². The van der Waals surface area contributed by atoms with Crippen molar-refractivity contribution in [3.05, 3.63) is 24.3 Å². The number of para-hydroxylation sites is 2. The Hall–Kier alpha value is -2.49. The van der Waals surface area contributed by atoms with Gasteiger partial charge in [-0.2, -0.15) is 0 Å². The first-order chi connectivity index (χ1) is 13.2. The van der Waals surface area contributed by atoms with E-state index in [4.69, 9.17) is 5.73 Å². The van der Waals surface area contributed by atoms with Crippen molar-refractivity contribution < 1.29 is 22.7 Å². The molecule has 0 aromatic heterocycles. The Morgan fingerprint density at radius 2 is 2.11 bits per heavy atom. The third kappa shape index (κ3) is 6.59. The number of amides is 1. The SMILES string of the molecule is CN(C)C(=O)C1CCCN1CCCN=C(N)Nc1ccccc1OC(F)(F)F. The van der Waals surface area contributed by atoms with Crippen molar-refractivity contribution in [2.45, 2.75) is 31.7 Å². The summed E-state index contributed by atoms with van der Waals surface area (Å²) in [4.78, 5) is 20.0. The van der Waals surface area contributed by atoms with Crippen molar-refractivity contribution in [2.24, 2.45) is 10.7 Å². The number of nitrogens with two attached hydrogens (primary N) is 1. The van der Waals surface area contributed by atoms with Gasteiger partial charge in [0.15, 0.2) is 11.7 Å². The third-order valence-electron chi connectivity index (χ3n) is 4.35. The largest absolute Gasteiger partial charge is 0.573 e. The maximum Gasteiger partial charge on any atom is 0.573 e. The van der Waals surface area contributed by atoms with E-state index >= 15 is 0 Å². The van der Waals surface area contributed by atoms with E-state index in [1.54, 1.807) is 25.1 Å². The van der Waals surface area contributed by atoms with Gasteiger partial charge in [-0.05, 0) is 37.9 Å². The van der Waals surface area contributed by atoms with Gasteiger partial charge in [-0.15, -0.1) is 13.2 Å². The van der Waals surface area contributed by atoms with E-state index < -0.39 is 6.36 Å². The predicted octanol–water partition coefficient (Wildman–Crippen LogP) is 2.25. The lowest BCUT2D eigenvalue weighted by molar-refractivity contribution is -0.274. The van der Waals surface area contributed by atoms with Crippen molar-refractivity contribution in [3.63, 3.8) is 0 Å². The number of alkyl halides is 3. The van der Waals surface area contributed by atoms with Crippen molar-refractivity contribution in [1.29, 1.82) is 0 Å². The van der Waals surface area contributed by atoms with Crippen LogP contribution in [0.2, 0.25) is 0 Å². The summed E-state index contributed by atoms with van der Waals surface area (Å²) in [6, 6.07) is 5.51. The summed E-state index contributed by atoms with van der Waals surface area (Å²) in [5.41, 5.74) is 5.86. The summed E-state index contributed by atoms with van der Waals surface area (Å²) >= 11 is 0. The fourth-order valence-electron chi connectivity index (χ4n) is 3.11. The monoisotopic (exact) mass is 401 g/mol. The van der Waals surface area contributed by atoms with Crippen LogP contribution >= 0.6 is 0 Å². The van der Waals surface area contributed by atoms with Gasteiger partial charge in [-0.1, -0.05) is 12.1 Å². The second-order valence-corrected chi connectivity index (χ2v) is 6.72. The summed E-state index contributed by atoms with van der Waals surface area (Å²) in [7, 11) is 3.49. The smallest absolute Gasteiger partial charge is 0.404 e. The molecule has 0 radical (unpaired) electrons. The standard InChI is InChI=1S/C18H26F3N5O2/c1-25(2)16(27)14-8-5-11-26(14)12-6-10-23-17(22)24-13-7-3-4-9-15(13)28-18(19,20)21/h3-4,7,9,14H,5-6,8,10-12H2,1-2H3,(H3,22,23,24). The lowest BCUT2D eigenvalue weighted by Crippen LogP contribution is -2.43. The second-order valence-electron chi connectivity index (χ2n) is 6.72. The molecule has 1 amide bonds. The van der Waals surface area contributed by atoms with Gasteiger partial charge in [0.25, 0.3) is 0 Å². The molecule has 10 heteroatoms. The van der Waals surface area contributed by atoms with Crippen LogP contribution in [-0.4, -0.2) is 67.8 Å². The highest BCUT2D eigenvalue weighted by Crippen LogP contribution is 2.29. The van der Waals surface area contributed by atoms with E-state index in [1.165, 1.54) is 18.2 Å². The second kappa shape index (κ2) is 9.63. The highest BCUT2D eigenvalue weighted by molar-refractivity contribution is 5.93. The summed E-state index contributed by atoms with van der Waals surface area (Å²) in [6.07, 6.45) is -2.28. The first-order valence-corrected chi connectivity index (χ1v) is 9.04. The Kier molecular flexibility index (Phi) is 7.50. The number of hydrogen-bond donors (Lipinski definition) is 2. The molecule has 1 heterocycles. The normalized spacial score (nSPS) is 18.2. The van der Waals surface area contributed by atoms with Crippen LogP contribution in [0.5, 0.6) is 5.75 Å². The van der Waals surface area contributed by atoms with Gasteiger partial charge in [0.05, 0.1) is 11.7 Å². The van der Waals surface area contributed by atoms with Gasteiger partial charge in [-0.3, -0.25) is 14.7 Å². The maximum atomic E-state index is 12.5. The number of nitrogens with zero attached hydrogens (tertiary/aromatic N) is 3. The molecule has 1 unspecified atom stereocenters. The van der Waals surface area contributed by atoms with Gasteiger partial charge in [-0.25, -0.2) is 0 Å². The van der Waals surface area contributed by atoms with Crippen LogP contribution in [0.25, 0.3) is 0 Å². The predicted molar refractivity (Wildman–Crippen MR) is 101 cm³/mol. The molecular weight excluding hydrogens is 375 g/mol. The van der Waals surface area contributed by atoms with Crippen LogP contribution in [0.1, 0.15) is 19.3 Å². The van der Waals surface area contributed by atoms with Crippen molar-refractivity contribution in [3.8, 4) is 5.75 Å². The van der Waals surface area contributed by atoms with E-state index in [9.17, 15) is 18.0 Å². The fourth-order valence-corrected chi connectivity index (χ4v) is 3.11. The molecule has 3 N–H and O–H groups in total. The van der Waals surface area contributed by atoms with Crippen LogP contribution in [-0.2, 0) is 4.79 Å². The summed E-state index contributed by atoms with van der Waals surface area (Å²) in [5.74, 6) is -0.278. The van der Waals surface area contributed by atoms with Crippen LogP contribution in [0, 0.1) is 0 Å².